The monoisotopic (exact) mass is 658 g/mol. The molecule has 1 aliphatic rings. The van der Waals surface area contributed by atoms with Gasteiger partial charge in [-0.05, 0) is 62.8 Å². The highest BCUT2D eigenvalue weighted by atomic mass is 16.4. The summed E-state index contributed by atoms with van der Waals surface area (Å²) in [6, 6.07) is -0.256. The summed E-state index contributed by atoms with van der Waals surface area (Å²) in [6.45, 7) is 0.479. The van der Waals surface area contributed by atoms with Crippen LogP contribution in [0.3, 0.4) is 0 Å². The molecule has 256 valence electrons. The molecular formula is C30H42N8O9. The number of phenols is 1. The Morgan fingerprint density at radius 1 is 0.957 bits per heavy atom. The number of nitrogens with two attached hydrogens (primary N) is 2. The number of benzene rings is 1. The molecule has 5 unspecified atom stereocenters. The number of nitrogens with one attached hydrogen (secondary N) is 4. The molecule has 0 bridgehead atoms. The van der Waals surface area contributed by atoms with Gasteiger partial charge in [0, 0.05) is 24.9 Å². The van der Waals surface area contributed by atoms with Crippen LogP contribution in [0, 0.1) is 0 Å². The number of carboxylic acids is 2. The Kier molecular flexibility index (Phi) is 13.7. The van der Waals surface area contributed by atoms with Crippen LogP contribution < -0.4 is 27.4 Å². The molecule has 1 saturated heterocycles. The molecule has 5 atom stereocenters. The standard InChI is InChI=1S/C30H42N8O9/c31-10-2-1-4-21(29(45)38-11-3-5-24(38)28(44)37-23(30(46)47)13-18-15-33-16-34-18)35-27(43)22(14-25(40)41)36-26(42)20(32)12-17-6-8-19(39)9-7-17/h6-9,15-16,20-24,39H,1-5,10-14,31-32H2,(H,33,34)(H,35,43)(H,36,42)(H,37,44)(H,40,41)(H,46,47). The molecule has 2 aromatic rings. The normalized spacial score (nSPS) is 16.8. The molecule has 1 aromatic carbocycles. The molecule has 47 heavy (non-hydrogen) atoms. The zero-order valence-corrected chi connectivity index (χ0v) is 25.8. The van der Waals surface area contributed by atoms with Crippen LogP contribution in [0.25, 0.3) is 0 Å². The van der Waals surface area contributed by atoms with Crippen LogP contribution in [0.15, 0.2) is 36.8 Å². The SMILES string of the molecule is NCCCCC(NC(=O)C(CC(=O)O)NC(=O)C(N)Cc1ccc(O)cc1)C(=O)N1CCCC1C(=O)NC(Cc1cnc[nH]1)C(=O)O. The number of imidazole rings is 1. The van der Waals surface area contributed by atoms with Gasteiger partial charge in [-0.2, -0.15) is 0 Å². The Hall–Kier alpha value is -5.03. The quantitative estimate of drug-likeness (QED) is 0.0816. The Bertz CT molecular complexity index is 1390. The van der Waals surface area contributed by atoms with Crippen LogP contribution in [0.4, 0.5) is 0 Å². The van der Waals surface area contributed by atoms with Gasteiger partial charge in [-0.15, -0.1) is 0 Å². The van der Waals surface area contributed by atoms with Crippen molar-refractivity contribution in [2.45, 2.75) is 81.6 Å². The smallest absolute Gasteiger partial charge is 0.326 e. The van der Waals surface area contributed by atoms with Crippen molar-refractivity contribution in [3.05, 3.63) is 48.0 Å². The second-order valence-corrected chi connectivity index (χ2v) is 11.4. The van der Waals surface area contributed by atoms with Gasteiger partial charge in [0.1, 0.15) is 29.9 Å². The number of hydrogen-bond donors (Lipinski definition) is 9. The molecule has 4 amide bonds. The van der Waals surface area contributed by atoms with Gasteiger partial charge >= 0.3 is 11.9 Å². The Morgan fingerprint density at radius 3 is 2.28 bits per heavy atom. The lowest BCUT2D eigenvalue weighted by molar-refractivity contribution is -0.145. The maximum Gasteiger partial charge on any atom is 0.326 e. The van der Waals surface area contributed by atoms with Crippen LogP contribution in [0.5, 0.6) is 5.75 Å². The van der Waals surface area contributed by atoms with Gasteiger partial charge in [-0.1, -0.05) is 12.1 Å². The maximum atomic E-state index is 13.8. The number of hydrogen-bond acceptors (Lipinski definition) is 10. The minimum atomic E-state index is -1.58. The number of H-pyrrole nitrogens is 1. The highest BCUT2D eigenvalue weighted by molar-refractivity contribution is 5.96. The molecule has 1 aliphatic heterocycles. The summed E-state index contributed by atoms with van der Waals surface area (Å²) in [4.78, 5) is 84.6. The zero-order valence-electron chi connectivity index (χ0n) is 25.8. The number of phenolic OH excluding ortho intramolecular Hbond substituents is 1. The van der Waals surface area contributed by atoms with Crippen molar-refractivity contribution in [2.75, 3.05) is 13.1 Å². The summed E-state index contributed by atoms with van der Waals surface area (Å²) in [6.07, 6.45) is 3.74. The van der Waals surface area contributed by atoms with E-state index in [4.69, 9.17) is 11.5 Å². The number of unbranched alkanes of at least 4 members (excludes halogenated alkanes) is 1. The molecule has 2 heterocycles. The lowest BCUT2D eigenvalue weighted by Crippen LogP contribution is -2.58. The van der Waals surface area contributed by atoms with Gasteiger partial charge in [0.15, 0.2) is 0 Å². The predicted molar refractivity (Wildman–Crippen MR) is 165 cm³/mol. The fourth-order valence-corrected chi connectivity index (χ4v) is 5.25. The average Bonchev–Trinajstić information content (AvgIpc) is 3.73. The van der Waals surface area contributed by atoms with Crippen molar-refractivity contribution in [3.63, 3.8) is 0 Å². The van der Waals surface area contributed by atoms with E-state index in [1.165, 1.54) is 29.6 Å². The zero-order chi connectivity index (χ0) is 34.5. The van der Waals surface area contributed by atoms with Crippen LogP contribution in [-0.2, 0) is 41.6 Å². The second-order valence-electron chi connectivity index (χ2n) is 11.4. The van der Waals surface area contributed by atoms with Crippen molar-refractivity contribution >= 4 is 35.6 Å². The number of aromatic nitrogens is 2. The van der Waals surface area contributed by atoms with Crippen molar-refractivity contribution in [3.8, 4) is 5.75 Å². The van der Waals surface area contributed by atoms with E-state index >= 15 is 0 Å². The van der Waals surface area contributed by atoms with E-state index in [0.29, 0.717) is 37.1 Å². The van der Waals surface area contributed by atoms with Crippen LogP contribution in [-0.4, -0.2) is 109 Å². The molecule has 17 heteroatoms. The molecule has 0 radical (unpaired) electrons. The third kappa shape index (κ3) is 11.1. The van der Waals surface area contributed by atoms with Gasteiger partial charge < -0.3 is 52.6 Å². The van der Waals surface area contributed by atoms with E-state index in [9.17, 15) is 44.1 Å². The molecule has 1 fully saturated rings. The fraction of sp³-hybridized carbons (Fsp3) is 0.500. The van der Waals surface area contributed by atoms with E-state index < -0.39 is 72.2 Å². The number of amides is 4. The molecular weight excluding hydrogens is 616 g/mol. The minimum absolute atomic E-state index is 0.0242. The summed E-state index contributed by atoms with van der Waals surface area (Å²) in [7, 11) is 0. The Labute approximate surface area is 270 Å². The first kappa shape index (κ1) is 36.4. The second kappa shape index (κ2) is 17.6. The van der Waals surface area contributed by atoms with Crippen LogP contribution in [0.1, 0.15) is 49.8 Å². The largest absolute Gasteiger partial charge is 0.508 e. The number of carbonyl (C=O) groups is 6. The first-order chi connectivity index (χ1) is 22.4. The lowest BCUT2D eigenvalue weighted by Gasteiger charge is -2.30. The van der Waals surface area contributed by atoms with Crippen molar-refractivity contribution in [2.24, 2.45) is 11.5 Å². The molecule has 0 aliphatic carbocycles. The lowest BCUT2D eigenvalue weighted by atomic mass is 10.0. The predicted octanol–water partition coefficient (Wildman–Crippen LogP) is -1.64. The number of rotatable bonds is 18. The molecule has 17 nitrogen and oxygen atoms in total. The summed E-state index contributed by atoms with van der Waals surface area (Å²) in [5.41, 5.74) is 12.7. The number of aromatic amines is 1. The van der Waals surface area contributed by atoms with E-state index in [-0.39, 0.29) is 38.0 Å². The number of aliphatic carboxylic acids is 2. The highest BCUT2D eigenvalue weighted by Gasteiger charge is 2.39. The number of likely N-dealkylation sites (tertiary alicyclic amines) is 1. The topological polar surface area (TPSA) is 283 Å². The van der Waals surface area contributed by atoms with E-state index in [1.54, 1.807) is 12.1 Å². The van der Waals surface area contributed by atoms with Gasteiger partial charge in [-0.3, -0.25) is 24.0 Å². The molecule has 0 spiro atoms. The number of aromatic hydroxyl groups is 1. The van der Waals surface area contributed by atoms with Crippen molar-refractivity contribution < 1.29 is 44.1 Å². The molecule has 1 aromatic heterocycles. The van der Waals surface area contributed by atoms with Gasteiger partial charge in [0.2, 0.25) is 23.6 Å². The summed E-state index contributed by atoms with van der Waals surface area (Å²) in [5, 5.41) is 36.0. The Morgan fingerprint density at radius 2 is 1.66 bits per heavy atom. The summed E-state index contributed by atoms with van der Waals surface area (Å²) < 4.78 is 0. The first-order valence-corrected chi connectivity index (χ1v) is 15.3. The van der Waals surface area contributed by atoms with Gasteiger partial charge in [-0.25, -0.2) is 9.78 Å². The van der Waals surface area contributed by atoms with E-state index in [1.807, 2.05) is 0 Å². The third-order valence-electron chi connectivity index (χ3n) is 7.73. The first-order valence-electron chi connectivity index (χ1n) is 15.3. The van der Waals surface area contributed by atoms with Crippen LogP contribution in [0.2, 0.25) is 0 Å². The molecule has 11 N–H and O–H groups in total. The highest BCUT2D eigenvalue weighted by Crippen LogP contribution is 2.21. The molecule has 0 saturated carbocycles. The summed E-state index contributed by atoms with van der Waals surface area (Å²) in [5.74, 6) is -5.66. The van der Waals surface area contributed by atoms with Crippen LogP contribution >= 0.6 is 0 Å². The molecule has 3 rings (SSSR count). The average molecular weight is 659 g/mol. The minimum Gasteiger partial charge on any atom is -0.508 e. The number of nitrogens with zero attached hydrogens (tertiary/aromatic N) is 2. The number of carboxylic acid groups (broad SMARTS) is 2. The van der Waals surface area contributed by atoms with Gasteiger partial charge in [0.05, 0.1) is 18.8 Å². The summed E-state index contributed by atoms with van der Waals surface area (Å²) >= 11 is 0. The van der Waals surface area contributed by atoms with E-state index in [2.05, 4.69) is 25.9 Å². The van der Waals surface area contributed by atoms with Crippen molar-refractivity contribution in [1.29, 1.82) is 0 Å². The maximum absolute atomic E-state index is 13.8. The Balaban J connectivity index is 1.72. The van der Waals surface area contributed by atoms with Crippen molar-refractivity contribution in [1.82, 2.24) is 30.8 Å². The van der Waals surface area contributed by atoms with Gasteiger partial charge in [0.25, 0.3) is 0 Å². The third-order valence-corrected chi connectivity index (χ3v) is 7.73. The van der Waals surface area contributed by atoms with E-state index in [0.717, 1.165) is 0 Å². The fourth-order valence-electron chi connectivity index (χ4n) is 5.25. The number of carbonyl (C=O) groups excluding carboxylic acids is 4.